The monoisotopic (exact) mass is 306 g/mol. The van der Waals surface area contributed by atoms with Crippen molar-refractivity contribution < 1.29 is 57.7 Å². The van der Waals surface area contributed by atoms with Crippen LogP contribution in [0.3, 0.4) is 0 Å². The third kappa shape index (κ3) is 147. The number of methoxy groups -OCH3 is 1. The SMILES string of the molecule is C.C.COCO[N+](=O)[O-].O=[N+]([O-])O.[CH3-].[Y]. The molecule has 0 spiro atoms. The Balaban J connectivity index is -0.0000000230. The molecule has 0 aromatic carbocycles. The minimum atomic E-state index is -1.50. The van der Waals surface area contributed by atoms with E-state index in [2.05, 4.69) is 9.57 Å². The standard InChI is InChI=1S/C2H5NO4.2CH4.CH3.HNO3.Y/c1-6-2-7-3(4)5;;;;2-1(3)4;/h2H2,1H3;2*1H4;1H3;(H,2,3,4);/q;;;-1;;. The van der Waals surface area contributed by atoms with Crippen LogP contribution in [0, 0.1) is 27.7 Å². The molecule has 0 aliphatic carbocycles. The van der Waals surface area contributed by atoms with E-state index < -0.39 is 10.2 Å². The smallest absolute Gasteiger partial charge is 0.296 e. The molecular formula is C5H17N2O7Y-. The maximum Gasteiger partial charge on any atom is 0.296 e. The first-order valence-electron chi connectivity index (χ1n) is 2.10. The fraction of sp³-hybridized carbons (Fsp3) is 0.800. The fourth-order valence-electron chi connectivity index (χ4n) is 0.0957. The molecule has 0 aromatic rings. The number of nitrogens with zero attached hydrogens (tertiary/aromatic N) is 2. The van der Waals surface area contributed by atoms with Crippen molar-refractivity contribution in [1.29, 1.82) is 0 Å². The molecule has 0 aliphatic heterocycles. The molecule has 0 aromatic heterocycles. The maximum atomic E-state index is 9.26. The van der Waals surface area contributed by atoms with Gasteiger partial charge < -0.3 is 17.4 Å². The van der Waals surface area contributed by atoms with E-state index >= 15 is 0 Å². The van der Waals surface area contributed by atoms with Crippen molar-refractivity contribution in [2.24, 2.45) is 0 Å². The van der Waals surface area contributed by atoms with Crippen LogP contribution >= 0.6 is 0 Å². The summed E-state index contributed by atoms with van der Waals surface area (Å²) in [6, 6.07) is 0. The van der Waals surface area contributed by atoms with Gasteiger partial charge in [-0.3, -0.25) is 4.84 Å². The Kier molecular flexibility index (Phi) is 71.2. The van der Waals surface area contributed by atoms with Crippen LogP contribution in [0.2, 0.25) is 0 Å². The van der Waals surface area contributed by atoms with Gasteiger partial charge in [-0.2, -0.15) is 0 Å². The van der Waals surface area contributed by atoms with Gasteiger partial charge in [0.1, 0.15) is 0 Å². The van der Waals surface area contributed by atoms with Crippen molar-refractivity contribution in [3.05, 3.63) is 27.7 Å². The molecule has 10 heteroatoms. The molecule has 93 valence electrons. The van der Waals surface area contributed by atoms with Crippen molar-refractivity contribution in [2.75, 3.05) is 13.9 Å². The third-order valence-electron chi connectivity index (χ3n) is 0.276. The summed E-state index contributed by atoms with van der Waals surface area (Å²) in [5.74, 6) is 0. The Morgan fingerprint density at radius 1 is 1.27 bits per heavy atom. The van der Waals surface area contributed by atoms with E-state index in [0.717, 1.165) is 0 Å². The van der Waals surface area contributed by atoms with Crippen molar-refractivity contribution >= 4 is 0 Å². The average Bonchev–Trinajstić information content (AvgIpc) is 1.82. The molecule has 0 bridgehead atoms. The van der Waals surface area contributed by atoms with Gasteiger partial charge in [-0.1, -0.05) is 14.9 Å². The largest absolute Gasteiger partial charge is 0.358 e. The summed E-state index contributed by atoms with van der Waals surface area (Å²) in [4.78, 5) is 21.3. The first-order valence-corrected chi connectivity index (χ1v) is 2.10. The Morgan fingerprint density at radius 3 is 1.60 bits per heavy atom. The van der Waals surface area contributed by atoms with Crippen molar-refractivity contribution in [1.82, 2.24) is 0 Å². The molecule has 1 N–H and O–H groups in total. The summed E-state index contributed by atoms with van der Waals surface area (Å²) in [5.41, 5.74) is 0. The molecular weight excluding hydrogens is 289 g/mol. The van der Waals surface area contributed by atoms with Crippen molar-refractivity contribution in [3.8, 4) is 0 Å². The van der Waals surface area contributed by atoms with Crippen LogP contribution in [-0.4, -0.2) is 29.3 Å². The van der Waals surface area contributed by atoms with Crippen molar-refractivity contribution in [3.63, 3.8) is 0 Å². The third-order valence-corrected chi connectivity index (χ3v) is 0.276. The minimum Gasteiger partial charge on any atom is -0.358 e. The quantitative estimate of drug-likeness (QED) is 0.359. The Bertz CT molecular complexity index is 131. The molecule has 0 saturated heterocycles. The van der Waals surface area contributed by atoms with E-state index in [0.29, 0.717) is 0 Å². The molecule has 1 radical (unpaired) electrons. The van der Waals surface area contributed by atoms with Gasteiger partial charge in [0, 0.05) is 39.8 Å². The summed E-state index contributed by atoms with van der Waals surface area (Å²) in [6.45, 7) is -0.299. The zero-order valence-electron chi connectivity index (χ0n) is 7.08. The molecule has 0 fully saturated rings. The Morgan fingerprint density at radius 2 is 1.53 bits per heavy atom. The zero-order chi connectivity index (χ0) is 9.28. The second-order valence-corrected chi connectivity index (χ2v) is 0.997. The van der Waals surface area contributed by atoms with Gasteiger partial charge in [0.15, 0.2) is 6.79 Å². The molecule has 0 unspecified atom stereocenters. The molecule has 0 amide bonds. The van der Waals surface area contributed by atoms with Crippen LogP contribution < -0.4 is 0 Å². The number of hydrogen-bond donors (Lipinski definition) is 1. The molecule has 0 heterocycles. The molecule has 9 nitrogen and oxygen atoms in total. The first kappa shape index (κ1) is 36.6. The van der Waals surface area contributed by atoms with Gasteiger partial charge in [-0.25, -0.2) is 0 Å². The van der Waals surface area contributed by atoms with E-state index in [1.807, 2.05) is 0 Å². The molecule has 0 atom stereocenters. The number of rotatable bonds is 3. The van der Waals surface area contributed by atoms with Gasteiger partial charge in [-0.05, 0) is 0 Å². The van der Waals surface area contributed by atoms with Crippen LogP contribution in [0.15, 0.2) is 0 Å². The van der Waals surface area contributed by atoms with Gasteiger partial charge in [0.05, 0.1) is 0 Å². The molecule has 15 heavy (non-hydrogen) atoms. The summed E-state index contributed by atoms with van der Waals surface area (Å²) < 4.78 is 4.19. The Hall–Kier alpha value is -0.536. The fourth-order valence-corrected chi connectivity index (χ4v) is 0.0957. The second kappa shape index (κ2) is 29.2. The van der Waals surface area contributed by atoms with E-state index in [1.165, 1.54) is 7.11 Å². The van der Waals surface area contributed by atoms with Crippen LogP contribution in [-0.2, 0) is 42.3 Å². The van der Waals surface area contributed by atoms with Crippen molar-refractivity contribution in [2.45, 2.75) is 14.9 Å². The van der Waals surface area contributed by atoms with Gasteiger partial charge in [0.25, 0.3) is 10.2 Å². The Labute approximate surface area is 114 Å². The van der Waals surface area contributed by atoms with Gasteiger partial charge in [0.2, 0.25) is 0 Å². The molecule has 0 rings (SSSR count). The predicted molar refractivity (Wildman–Crippen MR) is 48.6 cm³/mol. The predicted octanol–water partition coefficient (Wildman–Crippen LogP) is 1.17. The van der Waals surface area contributed by atoms with Crippen LogP contribution in [0.1, 0.15) is 14.9 Å². The van der Waals surface area contributed by atoms with E-state index in [9.17, 15) is 10.1 Å². The maximum absolute atomic E-state index is 9.26. The summed E-state index contributed by atoms with van der Waals surface area (Å²) in [7, 11) is 1.31. The van der Waals surface area contributed by atoms with Gasteiger partial charge in [-0.15, -0.1) is 20.2 Å². The molecule has 0 aliphatic rings. The average molecular weight is 306 g/mol. The summed E-state index contributed by atoms with van der Waals surface area (Å²) >= 11 is 0. The van der Waals surface area contributed by atoms with Crippen LogP contribution in [0.25, 0.3) is 0 Å². The summed E-state index contributed by atoms with van der Waals surface area (Å²) in [5, 5.41) is 22.0. The van der Waals surface area contributed by atoms with E-state index in [1.54, 1.807) is 0 Å². The minimum absolute atomic E-state index is 0. The van der Waals surface area contributed by atoms with E-state index in [-0.39, 0.29) is 61.8 Å². The van der Waals surface area contributed by atoms with Crippen LogP contribution in [0.5, 0.6) is 0 Å². The summed E-state index contributed by atoms with van der Waals surface area (Å²) in [6.07, 6.45) is 0. The number of hydrogen-bond acceptors (Lipinski definition) is 6. The zero-order valence-corrected chi connectivity index (χ0v) is 9.91. The van der Waals surface area contributed by atoms with Crippen LogP contribution in [0.4, 0.5) is 0 Å². The first-order chi connectivity index (χ1) is 5.00. The topological polar surface area (TPSA) is 125 Å². The normalized spacial score (nSPS) is 5.40. The van der Waals surface area contributed by atoms with Gasteiger partial charge >= 0.3 is 0 Å². The number of ether oxygens (including phenoxy) is 1. The second-order valence-electron chi connectivity index (χ2n) is 0.997. The van der Waals surface area contributed by atoms with E-state index in [4.69, 9.17) is 15.3 Å². The molecule has 0 saturated carbocycles.